The summed E-state index contributed by atoms with van der Waals surface area (Å²) in [4.78, 5) is 10.2. The molecule has 0 amide bonds. The molecule has 0 aliphatic heterocycles. The van der Waals surface area contributed by atoms with Crippen molar-refractivity contribution in [2.75, 3.05) is 5.75 Å². The average molecular weight is 221 g/mol. The Morgan fingerprint density at radius 1 is 1.57 bits per heavy atom. The van der Waals surface area contributed by atoms with Crippen LogP contribution in [0.1, 0.15) is 26.2 Å². The zero-order chi connectivity index (χ0) is 10.8. The highest BCUT2D eigenvalue weighted by Crippen LogP contribution is 2.29. The van der Waals surface area contributed by atoms with Gasteiger partial charge in [-0.05, 0) is 18.8 Å². The molecule has 14 heavy (non-hydrogen) atoms. The van der Waals surface area contributed by atoms with Crippen LogP contribution in [0.25, 0.3) is 0 Å². The Balaban J connectivity index is 2.24. The number of sulfonamides is 1. The van der Waals surface area contributed by atoms with E-state index in [-0.39, 0.29) is 24.6 Å². The first kappa shape index (κ1) is 11.5. The molecule has 0 spiro atoms. The van der Waals surface area contributed by atoms with Crippen LogP contribution in [0.5, 0.6) is 0 Å². The predicted molar refractivity (Wildman–Crippen MR) is 51.4 cm³/mol. The second kappa shape index (κ2) is 4.27. The van der Waals surface area contributed by atoms with Crippen molar-refractivity contribution in [1.82, 2.24) is 4.72 Å². The molecule has 0 aromatic carbocycles. The molecule has 0 radical (unpaired) electrons. The first-order valence-corrected chi connectivity index (χ1v) is 6.28. The van der Waals surface area contributed by atoms with Crippen LogP contribution in [0.15, 0.2) is 0 Å². The van der Waals surface area contributed by atoms with Crippen molar-refractivity contribution in [2.24, 2.45) is 5.92 Å². The van der Waals surface area contributed by atoms with Gasteiger partial charge in [0, 0.05) is 12.5 Å². The Kier molecular flexibility index (Phi) is 3.49. The Morgan fingerprint density at radius 3 is 2.57 bits per heavy atom. The molecule has 1 fully saturated rings. The van der Waals surface area contributed by atoms with Gasteiger partial charge in [-0.15, -0.1) is 0 Å². The smallest absolute Gasteiger partial charge is 0.303 e. The monoisotopic (exact) mass is 221 g/mol. The van der Waals surface area contributed by atoms with Gasteiger partial charge in [0.05, 0.1) is 5.75 Å². The molecule has 6 heteroatoms. The number of carbonyl (C=O) groups is 1. The lowest BCUT2D eigenvalue weighted by molar-refractivity contribution is -0.137. The summed E-state index contributed by atoms with van der Waals surface area (Å²) in [7, 11) is -3.26. The van der Waals surface area contributed by atoms with Gasteiger partial charge in [0.1, 0.15) is 0 Å². The average Bonchev–Trinajstić information content (AvgIpc) is 2.63. The van der Waals surface area contributed by atoms with Gasteiger partial charge in [0.2, 0.25) is 10.0 Å². The molecule has 1 rings (SSSR count). The molecule has 0 heterocycles. The normalized spacial score (nSPS) is 26.1. The quantitative estimate of drug-likeness (QED) is 0.670. The van der Waals surface area contributed by atoms with Gasteiger partial charge in [0.25, 0.3) is 0 Å². The highest BCUT2D eigenvalue weighted by molar-refractivity contribution is 7.89. The summed E-state index contributed by atoms with van der Waals surface area (Å²) in [6.07, 6.45) is 0.963. The molecular formula is C8H15NO4S. The summed E-state index contributed by atoms with van der Waals surface area (Å²) in [5.74, 6) is -0.632. The van der Waals surface area contributed by atoms with E-state index in [1.165, 1.54) is 0 Å². The first-order valence-electron chi connectivity index (χ1n) is 4.62. The number of hydrogen-bond donors (Lipinski definition) is 2. The third kappa shape index (κ3) is 4.06. The van der Waals surface area contributed by atoms with Gasteiger partial charge >= 0.3 is 5.97 Å². The van der Waals surface area contributed by atoms with E-state index < -0.39 is 16.0 Å². The van der Waals surface area contributed by atoms with E-state index in [0.717, 1.165) is 6.42 Å². The Morgan fingerprint density at radius 2 is 2.14 bits per heavy atom. The lowest BCUT2D eigenvalue weighted by Gasteiger charge is -2.03. The SMILES string of the molecule is CC1CC1NS(=O)(=O)CCCC(=O)O. The van der Waals surface area contributed by atoms with Crippen LogP contribution in [-0.2, 0) is 14.8 Å². The molecule has 0 aromatic heterocycles. The molecule has 0 aromatic rings. The summed E-state index contributed by atoms with van der Waals surface area (Å²) in [6, 6.07) is 0.0739. The van der Waals surface area contributed by atoms with Crippen LogP contribution in [0, 0.1) is 5.92 Å². The molecule has 0 bridgehead atoms. The maximum Gasteiger partial charge on any atom is 0.303 e. The van der Waals surface area contributed by atoms with E-state index in [1.807, 2.05) is 6.92 Å². The maximum atomic E-state index is 11.3. The van der Waals surface area contributed by atoms with E-state index in [9.17, 15) is 13.2 Å². The summed E-state index contributed by atoms with van der Waals surface area (Å²) >= 11 is 0. The summed E-state index contributed by atoms with van der Waals surface area (Å²) in [6.45, 7) is 1.98. The van der Waals surface area contributed by atoms with Crippen molar-refractivity contribution in [1.29, 1.82) is 0 Å². The van der Waals surface area contributed by atoms with Crippen molar-refractivity contribution in [3.8, 4) is 0 Å². The van der Waals surface area contributed by atoms with E-state index in [1.54, 1.807) is 0 Å². The third-order valence-electron chi connectivity index (χ3n) is 2.24. The number of aliphatic carboxylic acids is 1. The summed E-state index contributed by atoms with van der Waals surface area (Å²) in [5.41, 5.74) is 0. The van der Waals surface area contributed by atoms with Crippen molar-refractivity contribution in [3.05, 3.63) is 0 Å². The van der Waals surface area contributed by atoms with Gasteiger partial charge < -0.3 is 5.11 Å². The molecule has 5 nitrogen and oxygen atoms in total. The van der Waals surface area contributed by atoms with Crippen molar-refractivity contribution in [3.63, 3.8) is 0 Å². The zero-order valence-corrected chi connectivity index (χ0v) is 8.88. The topological polar surface area (TPSA) is 83.5 Å². The second-order valence-corrected chi connectivity index (χ2v) is 5.63. The van der Waals surface area contributed by atoms with Crippen LogP contribution < -0.4 is 4.72 Å². The molecule has 1 aliphatic rings. The molecule has 1 aliphatic carbocycles. The minimum absolute atomic E-state index is 0.0739. The lowest BCUT2D eigenvalue weighted by atomic mass is 10.3. The number of carboxylic acids is 1. The molecule has 82 valence electrons. The fraction of sp³-hybridized carbons (Fsp3) is 0.875. The Hall–Kier alpha value is -0.620. The fourth-order valence-corrected chi connectivity index (χ4v) is 2.62. The van der Waals surface area contributed by atoms with E-state index in [4.69, 9.17) is 5.11 Å². The number of rotatable bonds is 6. The number of nitrogens with one attached hydrogen (secondary N) is 1. The minimum atomic E-state index is -3.26. The Bertz CT molecular complexity index is 311. The van der Waals surface area contributed by atoms with Crippen LogP contribution in [0.4, 0.5) is 0 Å². The van der Waals surface area contributed by atoms with Gasteiger partial charge in [-0.25, -0.2) is 13.1 Å². The van der Waals surface area contributed by atoms with Gasteiger partial charge in [0.15, 0.2) is 0 Å². The van der Waals surface area contributed by atoms with Crippen LogP contribution >= 0.6 is 0 Å². The second-order valence-electron chi connectivity index (χ2n) is 3.75. The fourth-order valence-electron chi connectivity index (χ4n) is 1.19. The molecule has 1 saturated carbocycles. The van der Waals surface area contributed by atoms with Crippen LogP contribution in [0.3, 0.4) is 0 Å². The Labute approximate surface area is 83.6 Å². The minimum Gasteiger partial charge on any atom is -0.481 e. The molecule has 2 N–H and O–H groups in total. The highest BCUT2D eigenvalue weighted by atomic mass is 32.2. The largest absolute Gasteiger partial charge is 0.481 e. The molecule has 2 unspecified atom stereocenters. The van der Waals surface area contributed by atoms with E-state index in [0.29, 0.717) is 5.92 Å². The van der Waals surface area contributed by atoms with Crippen molar-refractivity contribution in [2.45, 2.75) is 32.2 Å². The molecule has 0 saturated heterocycles. The predicted octanol–water partition coefficient (Wildman–Crippen LogP) is 0.179. The number of carboxylic acid groups (broad SMARTS) is 1. The van der Waals surface area contributed by atoms with E-state index >= 15 is 0 Å². The lowest BCUT2D eigenvalue weighted by Crippen LogP contribution is -2.29. The first-order chi connectivity index (χ1) is 6.41. The van der Waals surface area contributed by atoms with Crippen molar-refractivity contribution >= 4 is 16.0 Å². The van der Waals surface area contributed by atoms with Gasteiger partial charge in [-0.2, -0.15) is 0 Å². The third-order valence-corrected chi connectivity index (χ3v) is 3.73. The molecule has 2 atom stereocenters. The van der Waals surface area contributed by atoms with Crippen LogP contribution in [-0.4, -0.2) is 31.3 Å². The maximum absolute atomic E-state index is 11.3. The standard InChI is InChI=1S/C8H15NO4S/c1-6-5-7(6)9-14(12,13)4-2-3-8(10)11/h6-7,9H,2-5H2,1H3,(H,10,11). The van der Waals surface area contributed by atoms with Gasteiger partial charge in [-0.3, -0.25) is 4.79 Å². The summed E-state index contributed by atoms with van der Waals surface area (Å²) in [5, 5.41) is 8.33. The van der Waals surface area contributed by atoms with E-state index in [2.05, 4.69) is 4.72 Å². The molecular weight excluding hydrogens is 206 g/mol. The van der Waals surface area contributed by atoms with Gasteiger partial charge in [-0.1, -0.05) is 6.92 Å². The highest BCUT2D eigenvalue weighted by Gasteiger charge is 2.35. The van der Waals surface area contributed by atoms with Crippen molar-refractivity contribution < 1.29 is 18.3 Å². The zero-order valence-electron chi connectivity index (χ0n) is 8.06. The number of hydrogen-bond acceptors (Lipinski definition) is 3. The van der Waals surface area contributed by atoms with Crippen LogP contribution in [0.2, 0.25) is 0 Å². The summed E-state index contributed by atoms with van der Waals surface area (Å²) < 4.78 is 25.1.